The van der Waals surface area contributed by atoms with E-state index in [-0.39, 0.29) is 0 Å². The summed E-state index contributed by atoms with van der Waals surface area (Å²) in [5.41, 5.74) is 2.53. The number of thiophene rings is 1. The van der Waals surface area contributed by atoms with Crippen LogP contribution in [-0.2, 0) is 0 Å². The van der Waals surface area contributed by atoms with Crippen molar-refractivity contribution in [2.75, 3.05) is 31.1 Å². The van der Waals surface area contributed by atoms with Crippen LogP contribution in [-0.4, -0.2) is 36.1 Å². The Morgan fingerprint density at radius 1 is 1.09 bits per heavy atom. The van der Waals surface area contributed by atoms with E-state index in [1.165, 1.54) is 21.4 Å². The van der Waals surface area contributed by atoms with Crippen LogP contribution in [0.3, 0.4) is 0 Å². The van der Waals surface area contributed by atoms with E-state index in [0.29, 0.717) is 0 Å². The van der Waals surface area contributed by atoms with Crippen molar-refractivity contribution in [3.05, 3.63) is 41.5 Å². The van der Waals surface area contributed by atoms with E-state index in [1.807, 2.05) is 0 Å². The summed E-state index contributed by atoms with van der Waals surface area (Å²) < 4.78 is 0. The molecule has 3 heterocycles. The summed E-state index contributed by atoms with van der Waals surface area (Å²) in [7, 11) is 0. The van der Waals surface area contributed by atoms with Crippen molar-refractivity contribution >= 4 is 27.4 Å². The van der Waals surface area contributed by atoms with Gasteiger partial charge < -0.3 is 10.2 Å². The third-order valence-electron chi connectivity index (χ3n) is 4.12. The number of fused-ring (bicyclic) bond motifs is 1. The fourth-order valence-electron chi connectivity index (χ4n) is 3.10. The molecule has 0 bridgehead atoms. The van der Waals surface area contributed by atoms with Gasteiger partial charge in [0.15, 0.2) is 0 Å². The van der Waals surface area contributed by atoms with Gasteiger partial charge in [-0.3, -0.25) is 0 Å². The molecule has 1 aliphatic heterocycles. The molecule has 4 nitrogen and oxygen atoms in total. The minimum absolute atomic E-state index is 0.995. The second kappa shape index (κ2) is 5.66. The molecular weight excluding hydrogens is 292 g/mol. The molecule has 1 aliphatic rings. The summed E-state index contributed by atoms with van der Waals surface area (Å²) in [6, 6.07) is 10.6. The largest absolute Gasteiger partial charge is 0.353 e. The highest BCUT2D eigenvalue weighted by molar-refractivity contribution is 7.19. The van der Waals surface area contributed by atoms with Crippen LogP contribution in [0.4, 0.5) is 5.82 Å². The molecule has 1 N–H and O–H groups in total. The number of piperazine rings is 1. The number of nitrogens with zero attached hydrogens (tertiary/aromatic N) is 3. The Bertz CT molecular complexity index is 791. The van der Waals surface area contributed by atoms with Crippen LogP contribution in [0.15, 0.2) is 36.7 Å². The molecule has 0 unspecified atom stereocenters. The van der Waals surface area contributed by atoms with Gasteiger partial charge in [0.25, 0.3) is 0 Å². The van der Waals surface area contributed by atoms with Gasteiger partial charge in [0.05, 0.1) is 5.39 Å². The summed E-state index contributed by atoms with van der Waals surface area (Å²) in [6.45, 7) is 6.19. The zero-order chi connectivity index (χ0) is 14.9. The second-order valence-corrected chi connectivity index (χ2v) is 6.72. The Morgan fingerprint density at radius 2 is 1.86 bits per heavy atom. The number of rotatable bonds is 2. The lowest BCUT2D eigenvalue weighted by molar-refractivity contribution is 0.586. The predicted octanol–water partition coefficient (Wildman–Crippen LogP) is 3.08. The molecule has 3 aromatic rings. The molecule has 0 amide bonds. The fourth-order valence-corrected chi connectivity index (χ4v) is 4.11. The van der Waals surface area contributed by atoms with Crippen LogP contribution in [0, 0.1) is 6.92 Å². The monoisotopic (exact) mass is 310 g/mol. The van der Waals surface area contributed by atoms with Crippen molar-refractivity contribution in [3.63, 3.8) is 0 Å². The molecule has 2 aromatic heterocycles. The van der Waals surface area contributed by atoms with Gasteiger partial charge >= 0.3 is 0 Å². The number of nitrogens with one attached hydrogen (secondary N) is 1. The van der Waals surface area contributed by atoms with Gasteiger partial charge in [0.1, 0.15) is 17.0 Å². The van der Waals surface area contributed by atoms with Crippen molar-refractivity contribution in [2.45, 2.75) is 6.92 Å². The first-order valence-electron chi connectivity index (χ1n) is 7.60. The molecule has 0 spiro atoms. The molecule has 1 fully saturated rings. The van der Waals surface area contributed by atoms with E-state index in [9.17, 15) is 0 Å². The number of benzene rings is 1. The Balaban J connectivity index is 1.94. The molecule has 22 heavy (non-hydrogen) atoms. The maximum absolute atomic E-state index is 4.62. The SMILES string of the molecule is Cc1sc2ncnc(N3CCNCC3)c2c1-c1ccccc1. The molecular formula is C17H18N4S. The van der Waals surface area contributed by atoms with Crippen LogP contribution >= 0.6 is 11.3 Å². The highest BCUT2D eigenvalue weighted by atomic mass is 32.1. The summed E-state index contributed by atoms with van der Waals surface area (Å²) in [5.74, 6) is 1.08. The van der Waals surface area contributed by atoms with Crippen LogP contribution < -0.4 is 10.2 Å². The summed E-state index contributed by atoms with van der Waals surface area (Å²) in [6.07, 6.45) is 1.70. The first kappa shape index (κ1) is 13.7. The van der Waals surface area contributed by atoms with Gasteiger partial charge in [-0.1, -0.05) is 30.3 Å². The standard InChI is InChI=1S/C17H18N4S/c1-12-14(13-5-3-2-4-6-13)15-16(19-11-20-17(15)22-12)21-9-7-18-8-10-21/h2-6,11,18H,7-10H2,1H3. The topological polar surface area (TPSA) is 41.1 Å². The van der Waals surface area contributed by atoms with E-state index in [1.54, 1.807) is 17.7 Å². The summed E-state index contributed by atoms with van der Waals surface area (Å²) in [4.78, 5) is 13.9. The second-order valence-electron chi connectivity index (χ2n) is 5.51. The van der Waals surface area contributed by atoms with Gasteiger partial charge in [-0.15, -0.1) is 11.3 Å². The Hall–Kier alpha value is -1.98. The number of aryl methyl sites for hydroxylation is 1. The molecule has 0 saturated carbocycles. The average molecular weight is 310 g/mol. The van der Waals surface area contributed by atoms with Crippen molar-refractivity contribution < 1.29 is 0 Å². The predicted molar refractivity (Wildman–Crippen MR) is 92.7 cm³/mol. The molecule has 112 valence electrons. The minimum Gasteiger partial charge on any atom is -0.353 e. The minimum atomic E-state index is 0.995. The number of hydrogen-bond donors (Lipinski definition) is 1. The van der Waals surface area contributed by atoms with E-state index in [2.05, 4.69) is 57.4 Å². The number of hydrogen-bond acceptors (Lipinski definition) is 5. The Morgan fingerprint density at radius 3 is 2.64 bits per heavy atom. The van der Waals surface area contributed by atoms with Crippen molar-refractivity contribution in [1.82, 2.24) is 15.3 Å². The van der Waals surface area contributed by atoms with Gasteiger partial charge in [0.2, 0.25) is 0 Å². The quantitative estimate of drug-likeness (QED) is 0.790. The summed E-state index contributed by atoms with van der Waals surface area (Å²) >= 11 is 1.76. The van der Waals surface area contributed by atoms with Crippen molar-refractivity contribution in [2.24, 2.45) is 0 Å². The average Bonchev–Trinajstić information content (AvgIpc) is 2.92. The van der Waals surface area contributed by atoms with Crippen LogP contribution in [0.25, 0.3) is 21.3 Å². The molecule has 5 heteroatoms. The zero-order valence-corrected chi connectivity index (χ0v) is 13.4. The first-order chi connectivity index (χ1) is 10.8. The van der Waals surface area contributed by atoms with Gasteiger partial charge in [0, 0.05) is 36.6 Å². The highest BCUT2D eigenvalue weighted by Crippen LogP contribution is 2.41. The molecule has 0 aliphatic carbocycles. The van der Waals surface area contributed by atoms with Gasteiger partial charge in [-0.05, 0) is 12.5 Å². The van der Waals surface area contributed by atoms with Crippen LogP contribution in [0.2, 0.25) is 0 Å². The Labute approximate surface area is 133 Å². The fraction of sp³-hybridized carbons (Fsp3) is 0.294. The molecule has 0 radical (unpaired) electrons. The van der Waals surface area contributed by atoms with Crippen molar-refractivity contribution in [1.29, 1.82) is 0 Å². The molecule has 0 atom stereocenters. The normalized spacial score (nSPS) is 15.4. The number of anilines is 1. The molecule has 1 aromatic carbocycles. The molecule has 1 saturated heterocycles. The Kier molecular flexibility index (Phi) is 3.52. The first-order valence-corrected chi connectivity index (χ1v) is 8.41. The van der Waals surface area contributed by atoms with E-state index in [4.69, 9.17) is 0 Å². The van der Waals surface area contributed by atoms with Crippen LogP contribution in [0.1, 0.15) is 4.88 Å². The number of aromatic nitrogens is 2. The van der Waals surface area contributed by atoms with E-state index < -0.39 is 0 Å². The maximum atomic E-state index is 4.62. The lowest BCUT2D eigenvalue weighted by Crippen LogP contribution is -2.44. The van der Waals surface area contributed by atoms with Crippen molar-refractivity contribution in [3.8, 4) is 11.1 Å². The van der Waals surface area contributed by atoms with E-state index in [0.717, 1.165) is 36.8 Å². The molecule has 4 rings (SSSR count). The lowest BCUT2D eigenvalue weighted by Gasteiger charge is -2.29. The van der Waals surface area contributed by atoms with Gasteiger partial charge in [-0.25, -0.2) is 9.97 Å². The highest BCUT2D eigenvalue weighted by Gasteiger charge is 2.21. The maximum Gasteiger partial charge on any atom is 0.141 e. The van der Waals surface area contributed by atoms with E-state index >= 15 is 0 Å². The third kappa shape index (κ3) is 2.26. The lowest BCUT2D eigenvalue weighted by atomic mass is 10.0. The van der Waals surface area contributed by atoms with Crippen LogP contribution in [0.5, 0.6) is 0 Å². The van der Waals surface area contributed by atoms with Gasteiger partial charge in [-0.2, -0.15) is 0 Å². The third-order valence-corrected chi connectivity index (χ3v) is 5.14. The zero-order valence-electron chi connectivity index (χ0n) is 12.5. The smallest absolute Gasteiger partial charge is 0.141 e. The summed E-state index contributed by atoms with van der Waals surface area (Å²) in [5, 5.41) is 4.61.